The van der Waals surface area contributed by atoms with Crippen LogP contribution >= 0.6 is 11.8 Å². The van der Waals surface area contributed by atoms with E-state index < -0.39 is 0 Å². The van der Waals surface area contributed by atoms with Gasteiger partial charge in [-0.25, -0.2) is 0 Å². The van der Waals surface area contributed by atoms with Gasteiger partial charge in [0.15, 0.2) is 0 Å². The SMILES string of the molecule is CC1SCCCC1N1CCc2c(N)cccc2C1. The fourth-order valence-electron chi connectivity index (χ4n) is 3.33. The highest BCUT2D eigenvalue weighted by atomic mass is 32.2. The molecule has 1 aromatic rings. The minimum Gasteiger partial charge on any atom is -0.398 e. The van der Waals surface area contributed by atoms with Gasteiger partial charge < -0.3 is 5.73 Å². The highest BCUT2D eigenvalue weighted by Gasteiger charge is 2.30. The van der Waals surface area contributed by atoms with Crippen molar-refractivity contribution in [2.75, 3.05) is 18.0 Å². The van der Waals surface area contributed by atoms with Gasteiger partial charge in [0.2, 0.25) is 0 Å². The molecule has 98 valence electrons. The summed E-state index contributed by atoms with van der Waals surface area (Å²) in [4.78, 5) is 2.68. The lowest BCUT2D eigenvalue weighted by Crippen LogP contribution is -2.45. The number of rotatable bonds is 1. The fraction of sp³-hybridized carbons (Fsp3) is 0.600. The minimum absolute atomic E-state index is 0.762. The van der Waals surface area contributed by atoms with E-state index in [1.165, 1.54) is 36.3 Å². The summed E-state index contributed by atoms with van der Waals surface area (Å²) in [5.41, 5.74) is 9.90. The van der Waals surface area contributed by atoms with Crippen molar-refractivity contribution in [1.82, 2.24) is 4.90 Å². The number of hydrogen-bond donors (Lipinski definition) is 1. The van der Waals surface area contributed by atoms with E-state index in [0.29, 0.717) is 0 Å². The molecule has 3 heteroatoms. The summed E-state index contributed by atoms with van der Waals surface area (Å²) in [6.07, 6.45) is 3.86. The van der Waals surface area contributed by atoms with Crippen LogP contribution in [-0.2, 0) is 13.0 Å². The summed E-state index contributed by atoms with van der Waals surface area (Å²) in [5.74, 6) is 1.34. The third-order valence-electron chi connectivity index (χ3n) is 4.37. The second-order valence-corrected chi connectivity index (χ2v) is 6.98. The zero-order valence-electron chi connectivity index (χ0n) is 11.1. The molecule has 2 heterocycles. The van der Waals surface area contributed by atoms with Gasteiger partial charge in [-0.3, -0.25) is 4.90 Å². The Labute approximate surface area is 114 Å². The third kappa shape index (κ3) is 2.26. The zero-order valence-corrected chi connectivity index (χ0v) is 11.9. The normalized spacial score (nSPS) is 28.9. The Bertz CT molecular complexity index is 433. The molecular weight excluding hydrogens is 240 g/mol. The second kappa shape index (κ2) is 5.14. The van der Waals surface area contributed by atoms with Crippen LogP contribution in [0.5, 0.6) is 0 Å². The molecule has 2 aliphatic rings. The summed E-state index contributed by atoms with van der Waals surface area (Å²) in [5, 5.41) is 0.779. The van der Waals surface area contributed by atoms with E-state index in [9.17, 15) is 0 Å². The number of nitrogens with two attached hydrogens (primary N) is 1. The van der Waals surface area contributed by atoms with Crippen LogP contribution in [0.15, 0.2) is 18.2 Å². The molecule has 0 saturated carbocycles. The predicted molar refractivity (Wildman–Crippen MR) is 79.9 cm³/mol. The number of thioether (sulfide) groups is 1. The van der Waals surface area contributed by atoms with E-state index in [1.807, 2.05) is 6.07 Å². The Morgan fingerprint density at radius 1 is 1.39 bits per heavy atom. The maximum atomic E-state index is 6.07. The van der Waals surface area contributed by atoms with Gasteiger partial charge in [-0.2, -0.15) is 11.8 Å². The van der Waals surface area contributed by atoms with E-state index in [1.54, 1.807) is 0 Å². The first-order chi connectivity index (χ1) is 8.75. The molecule has 0 spiro atoms. The molecule has 2 aliphatic heterocycles. The van der Waals surface area contributed by atoms with E-state index in [4.69, 9.17) is 5.73 Å². The third-order valence-corrected chi connectivity index (χ3v) is 5.73. The van der Waals surface area contributed by atoms with Gasteiger partial charge in [-0.1, -0.05) is 19.1 Å². The molecule has 0 aliphatic carbocycles. The molecular formula is C15H22N2S. The molecule has 1 fully saturated rings. The Morgan fingerprint density at radius 3 is 3.11 bits per heavy atom. The summed E-state index contributed by atoms with van der Waals surface area (Å²) >= 11 is 2.14. The average Bonchev–Trinajstić information content (AvgIpc) is 2.39. The van der Waals surface area contributed by atoms with Crippen LogP contribution in [0.3, 0.4) is 0 Å². The summed E-state index contributed by atoms with van der Waals surface area (Å²) < 4.78 is 0. The maximum Gasteiger partial charge on any atom is 0.0350 e. The Balaban J connectivity index is 1.78. The monoisotopic (exact) mass is 262 g/mol. The molecule has 0 bridgehead atoms. The number of fused-ring (bicyclic) bond motifs is 1. The van der Waals surface area contributed by atoms with Crippen LogP contribution in [0, 0.1) is 0 Å². The van der Waals surface area contributed by atoms with Crippen molar-refractivity contribution in [3.63, 3.8) is 0 Å². The lowest BCUT2D eigenvalue weighted by Gasteiger charge is -2.41. The van der Waals surface area contributed by atoms with Gasteiger partial charge in [0.05, 0.1) is 0 Å². The highest BCUT2D eigenvalue weighted by molar-refractivity contribution is 7.99. The van der Waals surface area contributed by atoms with Crippen LogP contribution < -0.4 is 5.73 Å². The van der Waals surface area contributed by atoms with E-state index >= 15 is 0 Å². The largest absolute Gasteiger partial charge is 0.398 e. The van der Waals surface area contributed by atoms with Gasteiger partial charge in [0.1, 0.15) is 0 Å². The van der Waals surface area contributed by atoms with Crippen molar-refractivity contribution in [2.24, 2.45) is 0 Å². The van der Waals surface area contributed by atoms with Crippen LogP contribution in [0.4, 0.5) is 5.69 Å². The number of nitrogen functional groups attached to an aromatic ring is 1. The molecule has 3 rings (SSSR count). The standard InChI is InChI=1S/C15H22N2S/c1-11-15(6-3-9-18-11)17-8-7-13-12(10-17)4-2-5-14(13)16/h2,4-5,11,15H,3,6-10,16H2,1H3. The molecule has 1 aromatic carbocycles. The molecule has 2 unspecified atom stereocenters. The summed E-state index contributed by atoms with van der Waals surface area (Å²) in [6, 6.07) is 7.14. The lowest BCUT2D eigenvalue weighted by molar-refractivity contribution is 0.165. The number of anilines is 1. The Morgan fingerprint density at radius 2 is 2.28 bits per heavy atom. The number of nitrogens with zero attached hydrogens (tertiary/aromatic N) is 1. The fourth-order valence-corrected chi connectivity index (χ4v) is 4.57. The number of benzene rings is 1. The smallest absolute Gasteiger partial charge is 0.0350 e. The molecule has 1 saturated heterocycles. The first-order valence-corrected chi connectivity index (χ1v) is 8.02. The topological polar surface area (TPSA) is 29.3 Å². The van der Waals surface area contributed by atoms with Gasteiger partial charge in [0, 0.05) is 30.1 Å². The van der Waals surface area contributed by atoms with Gasteiger partial charge in [0.25, 0.3) is 0 Å². The van der Waals surface area contributed by atoms with Crippen molar-refractivity contribution < 1.29 is 0 Å². The summed E-state index contributed by atoms with van der Waals surface area (Å²) in [6.45, 7) is 4.66. The van der Waals surface area contributed by atoms with E-state index in [-0.39, 0.29) is 0 Å². The van der Waals surface area contributed by atoms with Gasteiger partial charge in [-0.05, 0) is 42.2 Å². The van der Waals surface area contributed by atoms with Gasteiger partial charge in [-0.15, -0.1) is 0 Å². The highest BCUT2D eigenvalue weighted by Crippen LogP contribution is 2.33. The van der Waals surface area contributed by atoms with Crippen LogP contribution in [0.1, 0.15) is 30.9 Å². The Kier molecular flexibility index (Phi) is 3.53. The van der Waals surface area contributed by atoms with Crippen molar-refractivity contribution in [1.29, 1.82) is 0 Å². The maximum absolute atomic E-state index is 6.07. The molecule has 2 atom stereocenters. The lowest BCUT2D eigenvalue weighted by atomic mass is 9.95. The Hall–Kier alpha value is -0.670. The van der Waals surface area contributed by atoms with Crippen molar-refractivity contribution in [2.45, 2.75) is 44.0 Å². The molecule has 0 aromatic heterocycles. The molecule has 2 N–H and O–H groups in total. The van der Waals surface area contributed by atoms with Crippen molar-refractivity contribution in [3.8, 4) is 0 Å². The van der Waals surface area contributed by atoms with Crippen molar-refractivity contribution in [3.05, 3.63) is 29.3 Å². The van der Waals surface area contributed by atoms with Crippen LogP contribution in [0.25, 0.3) is 0 Å². The van der Waals surface area contributed by atoms with Crippen molar-refractivity contribution >= 4 is 17.4 Å². The average molecular weight is 262 g/mol. The molecule has 0 amide bonds. The number of hydrogen-bond acceptors (Lipinski definition) is 3. The zero-order chi connectivity index (χ0) is 12.5. The molecule has 18 heavy (non-hydrogen) atoms. The van der Waals surface area contributed by atoms with E-state index in [0.717, 1.165) is 29.9 Å². The minimum atomic E-state index is 0.762. The first-order valence-electron chi connectivity index (χ1n) is 6.97. The second-order valence-electron chi connectivity index (χ2n) is 5.49. The predicted octanol–water partition coefficient (Wildman–Crippen LogP) is 2.91. The van der Waals surface area contributed by atoms with Crippen LogP contribution in [0.2, 0.25) is 0 Å². The van der Waals surface area contributed by atoms with E-state index in [2.05, 4.69) is 35.7 Å². The van der Waals surface area contributed by atoms with Crippen LogP contribution in [-0.4, -0.2) is 28.5 Å². The summed E-state index contributed by atoms with van der Waals surface area (Å²) in [7, 11) is 0. The first kappa shape index (κ1) is 12.4. The molecule has 2 nitrogen and oxygen atoms in total. The quantitative estimate of drug-likeness (QED) is 0.789. The van der Waals surface area contributed by atoms with Gasteiger partial charge >= 0.3 is 0 Å². The molecule has 0 radical (unpaired) electrons.